The molecule has 1 fully saturated rings. The van der Waals surface area contributed by atoms with Gasteiger partial charge in [-0.15, -0.1) is 0 Å². The average molecular weight is 258 g/mol. The largest absolute Gasteiger partial charge is 0.461 e. The quantitative estimate of drug-likeness (QED) is 0.812. The highest BCUT2D eigenvalue weighted by molar-refractivity contribution is 5.95. The molecule has 1 aliphatic carbocycles. The fourth-order valence-corrected chi connectivity index (χ4v) is 1.79. The summed E-state index contributed by atoms with van der Waals surface area (Å²) in [5.74, 6) is -0.980. The molecule has 0 spiro atoms. The molecule has 1 aromatic carbocycles. The predicted octanol–water partition coefficient (Wildman–Crippen LogP) is 1.64. The van der Waals surface area contributed by atoms with E-state index in [4.69, 9.17) is 15.7 Å². The summed E-state index contributed by atoms with van der Waals surface area (Å²) in [6, 6.07) is 8.10. The molecule has 98 valence electrons. The Morgan fingerprint density at radius 3 is 2.32 bits per heavy atom. The number of amides is 1. The van der Waals surface area contributed by atoms with Crippen molar-refractivity contribution in [3.63, 3.8) is 0 Å². The number of carbonyl (C=O) groups is 2. The van der Waals surface area contributed by atoms with Crippen LogP contribution in [0.15, 0.2) is 24.3 Å². The Bertz CT molecular complexity index is 539. The standard InChI is InChI=1S/C14H14N2O3/c15-8-7-14(5-6-14)9-19-13(18)11-3-1-10(2-4-11)12(16)17/h1-4H,5-7,9H2,(H2,16,17). The third kappa shape index (κ3) is 3.10. The van der Waals surface area contributed by atoms with Crippen LogP contribution in [0, 0.1) is 16.7 Å². The van der Waals surface area contributed by atoms with Crippen molar-refractivity contribution in [2.24, 2.45) is 11.1 Å². The van der Waals surface area contributed by atoms with Gasteiger partial charge in [-0.1, -0.05) is 0 Å². The van der Waals surface area contributed by atoms with Crippen molar-refractivity contribution < 1.29 is 14.3 Å². The van der Waals surface area contributed by atoms with Crippen LogP contribution in [0.3, 0.4) is 0 Å². The van der Waals surface area contributed by atoms with Crippen LogP contribution in [0.4, 0.5) is 0 Å². The number of ether oxygens (including phenoxy) is 1. The molecule has 0 saturated heterocycles. The maximum absolute atomic E-state index is 11.8. The van der Waals surface area contributed by atoms with Crippen LogP contribution in [-0.4, -0.2) is 18.5 Å². The monoisotopic (exact) mass is 258 g/mol. The Hall–Kier alpha value is -2.35. The lowest BCUT2D eigenvalue weighted by atomic mass is 10.1. The number of benzene rings is 1. The van der Waals surface area contributed by atoms with Gasteiger partial charge in [0, 0.05) is 17.4 Å². The molecule has 0 radical (unpaired) electrons. The van der Waals surface area contributed by atoms with Gasteiger partial charge in [-0.3, -0.25) is 4.79 Å². The van der Waals surface area contributed by atoms with Crippen molar-refractivity contribution in [3.05, 3.63) is 35.4 Å². The number of nitrogens with zero attached hydrogens (tertiary/aromatic N) is 1. The summed E-state index contributed by atoms with van der Waals surface area (Å²) in [7, 11) is 0. The maximum Gasteiger partial charge on any atom is 0.338 e. The first-order valence-electron chi connectivity index (χ1n) is 6.00. The highest BCUT2D eigenvalue weighted by atomic mass is 16.5. The Morgan fingerprint density at radius 1 is 1.26 bits per heavy atom. The molecular formula is C14H14N2O3. The zero-order chi connectivity index (χ0) is 13.9. The van der Waals surface area contributed by atoms with E-state index < -0.39 is 11.9 Å². The maximum atomic E-state index is 11.8. The summed E-state index contributed by atoms with van der Waals surface area (Å²) in [6.07, 6.45) is 2.27. The van der Waals surface area contributed by atoms with Crippen LogP contribution in [-0.2, 0) is 4.74 Å². The Labute approximate surface area is 111 Å². The Morgan fingerprint density at radius 2 is 1.84 bits per heavy atom. The highest BCUT2D eigenvalue weighted by Gasteiger charge is 2.43. The second-order valence-corrected chi connectivity index (χ2v) is 4.85. The summed E-state index contributed by atoms with van der Waals surface area (Å²) in [5, 5.41) is 8.67. The molecule has 5 heteroatoms. The number of carbonyl (C=O) groups excluding carboxylic acids is 2. The fourth-order valence-electron chi connectivity index (χ4n) is 1.79. The predicted molar refractivity (Wildman–Crippen MR) is 67.1 cm³/mol. The fraction of sp³-hybridized carbons (Fsp3) is 0.357. The molecule has 0 unspecified atom stereocenters. The number of primary amides is 1. The van der Waals surface area contributed by atoms with Gasteiger partial charge in [-0.25, -0.2) is 4.79 Å². The van der Waals surface area contributed by atoms with Crippen molar-refractivity contribution in [3.8, 4) is 6.07 Å². The van der Waals surface area contributed by atoms with Gasteiger partial charge in [0.25, 0.3) is 0 Å². The van der Waals surface area contributed by atoms with E-state index in [0.29, 0.717) is 17.5 Å². The molecule has 1 aliphatic rings. The van der Waals surface area contributed by atoms with Crippen LogP contribution in [0.5, 0.6) is 0 Å². The minimum Gasteiger partial charge on any atom is -0.461 e. The highest BCUT2D eigenvalue weighted by Crippen LogP contribution is 2.48. The number of hydrogen-bond donors (Lipinski definition) is 1. The van der Waals surface area contributed by atoms with Crippen LogP contribution >= 0.6 is 0 Å². The lowest BCUT2D eigenvalue weighted by Gasteiger charge is -2.11. The van der Waals surface area contributed by atoms with Gasteiger partial charge in [0.2, 0.25) is 5.91 Å². The van der Waals surface area contributed by atoms with Gasteiger partial charge < -0.3 is 10.5 Å². The number of rotatable bonds is 5. The topological polar surface area (TPSA) is 93.2 Å². The van der Waals surface area contributed by atoms with E-state index in [9.17, 15) is 9.59 Å². The smallest absolute Gasteiger partial charge is 0.338 e. The zero-order valence-electron chi connectivity index (χ0n) is 10.4. The number of esters is 1. The molecular weight excluding hydrogens is 244 g/mol. The second kappa shape index (κ2) is 5.11. The number of nitrogens with two attached hydrogens (primary N) is 1. The molecule has 0 aliphatic heterocycles. The molecule has 1 saturated carbocycles. The molecule has 0 heterocycles. The molecule has 19 heavy (non-hydrogen) atoms. The SMILES string of the molecule is N#CCC1(COC(=O)c2ccc(C(N)=O)cc2)CC1. The minimum atomic E-state index is -0.536. The van der Waals surface area contributed by atoms with Crippen molar-refractivity contribution in [2.75, 3.05) is 6.61 Å². The summed E-state index contributed by atoms with van der Waals surface area (Å²) in [5.41, 5.74) is 5.70. The summed E-state index contributed by atoms with van der Waals surface area (Å²) in [4.78, 5) is 22.7. The normalized spacial score (nSPS) is 15.3. The summed E-state index contributed by atoms with van der Waals surface area (Å²) >= 11 is 0. The molecule has 5 nitrogen and oxygen atoms in total. The third-order valence-electron chi connectivity index (χ3n) is 3.33. The van der Waals surface area contributed by atoms with E-state index in [1.807, 2.05) is 0 Å². The van der Waals surface area contributed by atoms with E-state index >= 15 is 0 Å². The van der Waals surface area contributed by atoms with Crippen LogP contribution in [0.25, 0.3) is 0 Å². The van der Waals surface area contributed by atoms with Gasteiger partial charge >= 0.3 is 5.97 Å². The average Bonchev–Trinajstić information content (AvgIpc) is 3.17. The van der Waals surface area contributed by atoms with E-state index in [-0.39, 0.29) is 12.0 Å². The molecule has 0 bridgehead atoms. The molecule has 1 aromatic rings. The van der Waals surface area contributed by atoms with E-state index in [1.165, 1.54) is 24.3 Å². The molecule has 2 N–H and O–H groups in total. The van der Waals surface area contributed by atoms with E-state index in [1.54, 1.807) is 0 Å². The van der Waals surface area contributed by atoms with Crippen LogP contribution < -0.4 is 5.73 Å². The molecule has 0 atom stereocenters. The van der Waals surface area contributed by atoms with Gasteiger partial charge in [-0.2, -0.15) is 5.26 Å². The van der Waals surface area contributed by atoms with Crippen molar-refractivity contribution >= 4 is 11.9 Å². The lowest BCUT2D eigenvalue weighted by molar-refractivity contribution is 0.0419. The van der Waals surface area contributed by atoms with E-state index in [2.05, 4.69) is 6.07 Å². The van der Waals surface area contributed by atoms with Crippen molar-refractivity contribution in [1.82, 2.24) is 0 Å². The Kier molecular flexibility index (Phi) is 3.52. The number of nitriles is 1. The van der Waals surface area contributed by atoms with Crippen LogP contribution in [0.2, 0.25) is 0 Å². The first kappa shape index (κ1) is 13.1. The summed E-state index contributed by atoms with van der Waals surface area (Å²) < 4.78 is 5.20. The molecule has 0 aromatic heterocycles. The van der Waals surface area contributed by atoms with Crippen LogP contribution in [0.1, 0.15) is 40.0 Å². The first-order chi connectivity index (χ1) is 9.06. The second-order valence-electron chi connectivity index (χ2n) is 4.85. The third-order valence-corrected chi connectivity index (χ3v) is 3.33. The molecule has 1 amide bonds. The number of hydrogen-bond acceptors (Lipinski definition) is 4. The van der Waals surface area contributed by atoms with Gasteiger partial charge in [0.05, 0.1) is 18.2 Å². The van der Waals surface area contributed by atoms with Gasteiger partial charge in [-0.05, 0) is 37.1 Å². The van der Waals surface area contributed by atoms with Crippen molar-refractivity contribution in [2.45, 2.75) is 19.3 Å². The Balaban J connectivity index is 1.93. The lowest BCUT2D eigenvalue weighted by Crippen LogP contribution is -2.15. The zero-order valence-corrected chi connectivity index (χ0v) is 10.4. The van der Waals surface area contributed by atoms with E-state index in [0.717, 1.165) is 12.8 Å². The van der Waals surface area contributed by atoms with Crippen molar-refractivity contribution in [1.29, 1.82) is 5.26 Å². The minimum absolute atomic E-state index is 0.127. The van der Waals surface area contributed by atoms with Gasteiger partial charge in [0.1, 0.15) is 0 Å². The first-order valence-corrected chi connectivity index (χ1v) is 6.00. The summed E-state index contributed by atoms with van der Waals surface area (Å²) in [6.45, 7) is 0.275. The molecule has 2 rings (SSSR count). The van der Waals surface area contributed by atoms with Gasteiger partial charge in [0.15, 0.2) is 0 Å².